The fourth-order valence-corrected chi connectivity index (χ4v) is 3.66. The normalized spacial score (nSPS) is 11.3. The lowest BCUT2D eigenvalue weighted by Crippen LogP contribution is -2.06. The van der Waals surface area contributed by atoms with Gasteiger partial charge >= 0.3 is 0 Å². The van der Waals surface area contributed by atoms with Gasteiger partial charge in [-0.2, -0.15) is 0 Å². The van der Waals surface area contributed by atoms with Gasteiger partial charge in [0, 0.05) is 11.0 Å². The van der Waals surface area contributed by atoms with E-state index in [4.69, 9.17) is 0 Å². The van der Waals surface area contributed by atoms with Crippen molar-refractivity contribution in [2.45, 2.75) is 13.8 Å². The zero-order valence-corrected chi connectivity index (χ0v) is 13.3. The summed E-state index contributed by atoms with van der Waals surface area (Å²) in [5.74, 6) is -0.156. The van der Waals surface area contributed by atoms with Crippen LogP contribution in [0.5, 0.6) is 0 Å². The lowest BCUT2D eigenvalue weighted by Gasteiger charge is -1.95. The molecule has 2 heterocycles. The molecule has 0 spiro atoms. The molecule has 1 aromatic carbocycles. The number of rotatable bonds is 3. The minimum atomic E-state index is -0.156. The van der Waals surface area contributed by atoms with Crippen LogP contribution in [-0.2, 0) is 4.79 Å². The summed E-state index contributed by atoms with van der Waals surface area (Å²) in [6.45, 7) is 4.11. The third kappa shape index (κ3) is 3.20. The second-order valence-corrected chi connectivity index (χ2v) is 6.77. The van der Waals surface area contributed by atoms with Crippen LogP contribution < -0.4 is 5.32 Å². The number of hydrogen-bond acceptors (Lipinski definition) is 4. The van der Waals surface area contributed by atoms with E-state index in [1.54, 1.807) is 11.3 Å². The van der Waals surface area contributed by atoms with Crippen LogP contribution in [0.15, 0.2) is 35.7 Å². The second-order valence-electron chi connectivity index (χ2n) is 4.79. The van der Waals surface area contributed by atoms with Crippen molar-refractivity contribution in [3.05, 3.63) is 51.7 Å². The van der Waals surface area contributed by atoms with Gasteiger partial charge < -0.3 is 0 Å². The van der Waals surface area contributed by atoms with Crippen molar-refractivity contribution in [2.24, 2.45) is 0 Å². The van der Waals surface area contributed by atoms with Gasteiger partial charge in [0.15, 0.2) is 5.13 Å². The molecular weight excluding hydrogens is 300 g/mol. The summed E-state index contributed by atoms with van der Waals surface area (Å²) < 4.78 is 1.12. The van der Waals surface area contributed by atoms with E-state index in [9.17, 15) is 4.79 Å². The number of thiophene rings is 1. The van der Waals surface area contributed by atoms with Gasteiger partial charge in [0.25, 0.3) is 0 Å². The summed E-state index contributed by atoms with van der Waals surface area (Å²) in [6, 6.07) is 8.10. The Hall–Kier alpha value is -1.98. The Labute approximate surface area is 131 Å². The molecular formula is C16H14N2OS2. The van der Waals surface area contributed by atoms with Crippen LogP contribution in [0.4, 0.5) is 5.13 Å². The van der Waals surface area contributed by atoms with Crippen molar-refractivity contribution < 1.29 is 4.79 Å². The molecule has 0 saturated carbocycles. The van der Waals surface area contributed by atoms with E-state index < -0.39 is 0 Å². The summed E-state index contributed by atoms with van der Waals surface area (Å²) >= 11 is 3.11. The minimum absolute atomic E-state index is 0.156. The van der Waals surface area contributed by atoms with E-state index in [0.717, 1.165) is 15.1 Å². The molecule has 0 radical (unpaired) electrons. The Bertz CT molecular complexity index is 816. The zero-order chi connectivity index (χ0) is 14.8. The molecule has 21 heavy (non-hydrogen) atoms. The number of aromatic nitrogens is 1. The molecule has 0 bridgehead atoms. The van der Waals surface area contributed by atoms with Crippen LogP contribution in [0.2, 0.25) is 0 Å². The zero-order valence-electron chi connectivity index (χ0n) is 11.7. The highest BCUT2D eigenvalue weighted by molar-refractivity contribution is 7.22. The van der Waals surface area contributed by atoms with Crippen LogP contribution >= 0.6 is 22.7 Å². The molecule has 3 aromatic rings. The lowest BCUT2D eigenvalue weighted by atomic mass is 10.1. The first-order chi connectivity index (χ1) is 10.1. The summed E-state index contributed by atoms with van der Waals surface area (Å²) in [6.07, 6.45) is 3.35. The monoisotopic (exact) mass is 314 g/mol. The first-order valence-electron chi connectivity index (χ1n) is 6.52. The van der Waals surface area contributed by atoms with E-state index in [1.165, 1.54) is 28.5 Å². The number of nitrogens with one attached hydrogen (secondary N) is 1. The average Bonchev–Trinajstić information content (AvgIpc) is 3.05. The van der Waals surface area contributed by atoms with Gasteiger partial charge in [-0.3, -0.25) is 10.1 Å². The van der Waals surface area contributed by atoms with Gasteiger partial charge in [-0.1, -0.05) is 23.5 Å². The number of fused-ring (bicyclic) bond motifs is 1. The van der Waals surface area contributed by atoms with Crippen molar-refractivity contribution in [1.29, 1.82) is 0 Å². The Morgan fingerprint density at radius 3 is 2.95 bits per heavy atom. The summed E-state index contributed by atoms with van der Waals surface area (Å²) in [5, 5.41) is 5.45. The molecule has 106 valence electrons. The quantitative estimate of drug-likeness (QED) is 0.716. The van der Waals surface area contributed by atoms with Crippen molar-refractivity contribution in [3.8, 4) is 0 Å². The molecule has 2 aromatic heterocycles. The standard InChI is InChI=1S/C16H14N2OS2/c1-10-8-11(2)15-13(9-10)17-16(21-15)18-14(19)6-5-12-4-3-7-20-12/h3-9H,1-2H3,(H,17,18,19)/b6-5+. The summed E-state index contributed by atoms with van der Waals surface area (Å²) in [5.41, 5.74) is 3.31. The number of nitrogens with zero attached hydrogens (tertiary/aromatic N) is 1. The van der Waals surface area contributed by atoms with Gasteiger partial charge in [-0.15, -0.1) is 11.3 Å². The van der Waals surface area contributed by atoms with Crippen LogP contribution in [0.25, 0.3) is 16.3 Å². The Morgan fingerprint density at radius 1 is 1.33 bits per heavy atom. The van der Waals surface area contributed by atoms with Gasteiger partial charge in [0.05, 0.1) is 10.2 Å². The minimum Gasteiger partial charge on any atom is -0.298 e. The first-order valence-corrected chi connectivity index (χ1v) is 8.22. The van der Waals surface area contributed by atoms with E-state index in [-0.39, 0.29) is 5.91 Å². The Kier molecular flexibility index (Phi) is 3.86. The number of amides is 1. The fourth-order valence-electron chi connectivity index (χ4n) is 2.12. The van der Waals surface area contributed by atoms with Gasteiger partial charge in [-0.25, -0.2) is 4.98 Å². The second kappa shape index (κ2) is 5.79. The average molecular weight is 314 g/mol. The SMILES string of the molecule is Cc1cc(C)c2sc(NC(=O)/C=C/c3cccs3)nc2c1. The van der Waals surface area contributed by atoms with E-state index in [1.807, 2.05) is 36.6 Å². The molecule has 0 unspecified atom stereocenters. The molecule has 0 aliphatic carbocycles. The van der Waals surface area contributed by atoms with E-state index in [0.29, 0.717) is 5.13 Å². The number of benzene rings is 1. The first kappa shape index (κ1) is 14.0. The third-order valence-electron chi connectivity index (χ3n) is 2.99. The van der Waals surface area contributed by atoms with Crippen molar-refractivity contribution in [3.63, 3.8) is 0 Å². The summed E-state index contributed by atoms with van der Waals surface area (Å²) in [7, 11) is 0. The van der Waals surface area contributed by atoms with Crippen molar-refractivity contribution >= 4 is 50.0 Å². The van der Waals surface area contributed by atoms with E-state index in [2.05, 4.69) is 23.3 Å². The molecule has 5 heteroatoms. The largest absolute Gasteiger partial charge is 0.298 e. The molecule has 0 fully saturated rings. The molecule has 3 rings (SSSR count). The van der Waals surface area contributed by atoms with Gasteiger partial charge in [0.2, 0.25) is 5.91 Å². The number of anilines is 1. The van der Waals surface area contributed by atoms with Crippen LogP contribution in [0.1, 0.15) is 16.0 Å². The molecule has 0 saturated heterocycles. The fraction of sp³-hybridized carbons (Fsp3) is 0.125. The number of thiazole rings is 1. The topological polar surface area (TPSA) is 42.0 Å². The maximum atomic E-state index is 11.9. The number of hydrogen-bond donors (Lipinski definition) is 1. The number of carbonyl (C=O) groups excluding carboxylic acids is 1. The number of aryl methyl sites for hydroxylation is 2. The summed E-state index contributed by atoms with van der Waals surface area (Å²) in [4.78, 5) is 17.4. The van der Waals surface area contributed by atoms with Crippen molar-refractivity contribution in [1.82, 2.24) is 4.98 Å². The maximum Gasteiger partial charge on any atom is 0.250 e. The highest BCUT2D eigenvalue weighted by Crippen LogP contribution is 2.29. The molecule has 1 amide bonds. The molecule has 1 N–H and O–H groups in total. The predicted molar refractivity (Wildman–Crippen MR) is 91.1 cm³/mol. The number of carbonyl (C=O) groups is 1. The van der Waals surface area contributed by atoms with Crippen LogP contribution in [0.3, 0.4) is 0 Å². The Morgan fingerprint density at radius 2 is 2.19 bits per heavy atom. The highest BCUT2D eigenvalue weighted by Gasteiger charge is 2.08. The lowest BCUT2D eigenvalue weighted by molar-refractivity contribution is -0.111. The molecule has 0 aliphatic rings. The maximum absolute atomic E-state index is 11.9. The molecule has 3 nitrogen and oxygen atoms in total. The van der Waals surface area contributed by atoms with Crippen LogP contribution in [0, 0.1) is 13.8 Å². The third-order valence-corrected chi connectivity index (χ3v) is 4.95. The van der Waals surface area contributed by atoms with Crippen LogP contribution in [-0.4, -0.2) is 10.9 Å². The van der Waals surface area contributed by atoms with Crippen molar-refractivity contribution in [2.75, 3.05) is 5.32 Å². The smallest absolute Gasteiger partial charge is 0.250 e. The molecule has 0 aliphatic heterocycles. The predicted octanol–water partition coefficient (Wildman–Crippen LogP) is 4.63. The Balaban J connectivity index is 1.78. The highest BCUT2D eigenvalue weighted by atomic mass is 32.1. The van der Waals surface area contributed by atoms with Gasteiger partial charge in [-0.05, 0) is 48.6 Å². The van der Waals surface area contributed by atoms with E-state index >= 15 is 0 Å². The molecule has 0 atom stereocenters. The van der Waals surface area contributed by atoms with Gasteiger partial charge in [0.1, 0.15) is 0 Å².